The van der Waals surface area contributed by atoms with Crippen molar-refractivity contribution >= 4 is 39.7 Å². The normalized spacial score (nSPS) is 18.9. The lowest BCUT2D eigenvalue weighted by Crippen LogP contribution is -2.32. The topological polar surface area (TPSA) is 76.3 Å². The van der Waals surface area contributed by atoms with Gasteiger partial charge in [-0.1, -0.05) is 29.5 Å². The van der Waals surface area contributed by atoms with Gasteiger partial charge in [-0.15, -0.1) is 0 Å². The van der Waals surface area contributed by atoms with Crippen LogP contribution in [0.3, 0.4) is 0 Å². The van der Waals surface area contributed by atoms with Crippen molar-refractivity contribution in [2.45, 2.75) is 12.0 Å². The Morgan fingerprint density at radius 2 is 2.17 bits per heavy atom. The molecule has 0 spiro atoms. The van der Waals surface area contributed by atoms with Gasteiger partial charge in [0.2, 0.25) is 0 Å². The summed E-state index contributed by atoms with van der Waals surface area (Å²) in [6, 6.07) is 8.27. The highest BCUT2D eigenvalue weighted by molar-refractivity contribution is 6.31. The molecule has 0 saturated carbocycles. The maximum atomic E-state index is 14.3. The highest BCUT2D eigenvalue weighted by Crippen LogP contribution is 2.30. The molecule has 8 heteroatoms. The number of ether oxygens (including phenoxy) is 1. The number of anilines is 3. The Hall–Kier alpha value is -2.92. The summed E-state index contributed by atoms with van der Waals surface area (Å²) in [6.45, 7) is 1.67. The first-order valence-electron chi connectivity index (χ1n) is 9.43. The molecular weight excluding hydrogens is 405 g/mol. The van der Waals surface area contributed by atoms with Crippen LogP contribution in [0, 0.1) is 17.7 Å². The van der Waals surface area contributed by atoms with Crippen molar-refractivity contribution in [3.63, 3.8) is 0 Å². The van der Waals surface area contributed by atoms with Crippen LogP contribution in [0.2, 0.25) is 5.02 Å². The zero-order valence-electron chi connectivity index (χ0n) is 16.7. The summed E-state index contributed by atoms with van der Waals surface area (Å²) in [5.41, 5.74) is 7.77. The van der Waals surface area contributed by atoms with Crippen molar-refractivity contribution in [3.05, 3.63) is 53.1 Å². The van der Waals surface area contributed by atoms with E-state index in [4.69, 9.17) is 22.1 Å². The number of hydrogen-bond acceptors (Lipinski definition) is 6. The third-order valence-corrected chi connectivity index (χ3v) is 5.54. The van der Waals surface area contributed by atoms with Gasteiger partial charge in [0.1, 0.15) is 17.7 Å². The zero-order chi connectivity index (χ0) is 21.3. The number of halogens is 2. The van der Waals surface area contributed by atoms with E-state index in [1.165, 1.54) is 12.4 Å². The van der Waals surface area contributed by atoms with Crippen molar-refractivity contribution in [1.82, 2.24) is 14.9 Å². The molecule has 1 aliphatic rings. The predicted molar refractivity (Wildman–Crippen MR) is 117 cm³/mol. The summed E-state index contributed by atoms with van der Waals surface area (Å²) in [5, 5.41) is 3.65. The Labute approximate surface area is 179 Å². The monoisotopic (exact) mass is 425 g/mol. The van der Waals surface area contributed by atoms with E-state index >= 15 is 0 Å². The molecule has 1 aromatic heterocycles. The van der Waals surface area contributed by atoms with Gasteiger partial charge in [-0.3, -0.25) is 0 Å². The SMILES string of the molecule is COC1(C#Cc2cc3ncnc(Nc4cccc(Cl)c4F)c3cc2N)CCN(C)C1. The summed E-state index contributed by atoms with van der Waals surface area (Å²) in [6.07, 6.45) is 2.24. The number of hydrogen-bond donors (Lipinski definition) is 2. The van der Waals surface area contributed by atoms with Gasteiger partial charge in [0.15, 0.2) is 5.82 Å². The van der Waals surface area contributed by atoms with Gasteiger partial charge in [-0.2, -0.15) is 0 Å². The van der Waals surface area contributed by atoms with Crippen LogP contribution in [0.25, 0.3) is 10.9 Å². The predicted octanol–water partition coefficient (Wildman–Crippen LogP) is 3.82. The first-order valence-corrected chi connectivity index (χ1v) is 9.81. The number of benzene rings is 2. The van der Waals surface area contributed by atoms with Crippen molar-refractivity contribution < 1.29 is 9.13 Å². The molecule has 4 rings (SSSR count). The average Bonchev–Trinajstić information content (AvgIpc) is 3.12. The number of aromatic nitrogens is 2. The van der Waals surface area contributed by atoms with Crippen LogP contribution >= 0.6 is 11.6 Å². The van der Waals surface area contributed by atoms with Gasteiger partial charge in [-0.05, 0) is 31.3 Å². The first kappa shape index (κ1) is 20.4. The molecule has 154 valence electrons. The van der Waals surface area contributed by atoms with E-state index in [0.717, 1.165) is 19.5 Å². The fraction of sp³-hybridized carbons (Fsp3) is 0.273. The Kier molecular flexibility index (Phi) is 5.48. The molecule has 3 N–H and O–H groups in total. The van der Waals surface area contributed by atoms with E-state index < -0.39 is 11.4 Å². The lowest BCUT2D eigenvalue weighted by Gasteiger charge is -2.20. The van der Waals surface area contributed by atoms with Crippen molar-refractivity contribution in [3.8, 4) is 11.8 Å². The maximum absolute atomic E-state index is 14.3. The molecule has 1 aliphatic heterocycles. The van der Waals surface area contributed by atoms with Gasteiger partial charge in [-0.25, -0.2) is 14.4 Å². The van der Waals surface area contributed by atoms with Crippen molar-refractivity contribution in [2.24, 2.45) is 0 Å². The number of nitrogens with two attached hydrogens (primary N) is 1. The molecule has 1 atom stereocenters. The van der Waals surface area contributed by atoms with Gasteiger partial charge in [0.05, 0.1) is 16.2 Å². The number of methoxy groups -OCH3 is 1. The van der Waals surface area contributed by atoms with Crippen molar-refractivity contribution in [2.75, 3.05) is 38.3 Å². The van der Waals surface area contributed by atoms with E-state index in [1.807, 2.05) is 7.05 Å². The third-order valence-electron chi connectivity index (χ3n) is 5.25. The Balaban J connectivity index is 1.71. The molecule has 1 unspecified atom stereocenters. The van der Waals surface area contributed by atoms with Gasteiger partial charge >= 0.3 is 0 Å². The zero-order valence-corrected chi connectivity index (χ0v) is 17.4. The van der Waals surface area contributed by atoms with E-state index in [0.29, 0.717) is 28.0 Å². The van der Waals surface area contributed by atoms with Gasteiger partial charge < -0.3 is 20.7 Å². The summed E-state index contributed by atoms with van der Waals surface area (Å²) < 4.78 is 20.0. The second-order valence-electron chi connectivity index (χ2n) is 7.34. The summed E-state index contributed by atoms with van der Waals surface area (Å²) >= 11 is 5.87. The third kappa shape index (κ3) is 3.90. The van der Waals surface area contributed by atoms with Crippen molar-refractivity contribution in [1.29, 1.82) is 0 Å². The molecule has 30 heavy (non-hydrogen) atoms. The second kappa shape index (κ2) is 8.07. The summed E-state index contributed by atoms with van der Waals surface area (Å²) in [7, 11) is 3.72. The molecule has 3 aromatic rings. The van der Waals surface area contributed by atoms with Crippen LogP contribution in [0.15, 0.2) is 36.7 Å². The van der Waals surface area contributed by atoms with E-state index in [9.17, 15) is 4.39 Å². The number of fused-ring (bicyclic) bond motifs is 1. The molecule has 1 fully saturated rings. The minimum Gasteiger partial charge on any atom is -0.398 e. The fourth-order valence-corrected chi connectivity index (χ4v) is 3.70. The molecule has 2 heterocycles. The maximum Gasteiger partial charge on any atom is 0.165 e. The number of likely N-dealkylation sites (N-methyl/N-ethyl adjacent to an activating group) is 1. The fourth-order valence-electron chi connectivity index (χ4n) is 3.52. The first-order chi connectivity index (χ1) is 14.4. The average molecular weight is 426 g/mol. The largest absolute Gasteiger partial charge is 0.398 e. The number of nitrogens with one attached hydrogen (secondary N) is 1. The molecular formula is C22H21ClFN5O. The quantitative estimate of drug-likeness (QED) is 0.490. The van der Waals surface area contributed by atoms with E-state index in [1.54, 1.807) is 31.4 Å². The second-order valence-corrected chi connectivity index (χ2v) is 7.75. The number of rotatable bonds is 3. The number of nitrogens with zero attached hydrogens (tertiary/aromatic N) is 3. The van der Waals surface area contributed by atoms with Crippen LogP contribution in [0.5, 0.6) is 0 Å². The summed E-state index contributed by atoms with van der Waals surface area (Å²) in [4.78, 5) is 10.7. The molecule has 0 bridgehead atoms. The van der Waals surface area contributed by atoms with Crippen LogP contribution in [-0.2, 0) is 4.74 Å². The Morgan fingerprint density at radius 3 is 2.90 bits per heavy atom. The highest BCUT2D eigenvalue weighted by Gasteiger charge is 2.35. The van der Waals surface area contributed by atoms with Crippen LogP contribution in [-0.4, -0.2) is 47.7 Å². The molecule has 0 aliphatic carbocycles. The molecule has 2 aromatic carbocycles. The number of likely N-dealkylation sites (tertiary alicyclic amines) is 1. The van der Waals surface area contributed by atoms with Gasteiger partial charge in [0.25, 0.3) is 0 Å². The molecule has 6 nitrogen and oxygen atoms in total. The van der Waals surface area contributed by atoms with Crippen LogP contribution in [0.4, 0.5) is 21.6 Å². The Bertz CT molecular complexity index is 1180. The van der Waals surface area contributed by atoms with Crippen LogP contribution in [0.1, 0.15) is 12.0 Å². The molecule has 0 radical (unpaired) electrons. The minimum absolute atomic E-state index is 0.0278. The number of nitrogen functional groups attached to an aromatic ring is 1. The Morgan fingerprint density at radius 1 is 1.33 bits per heavy atom. The summed E-state index contributed by atoms with van der Waals surface area (Å²) in [5.74, 6) is 6.29. The van der Waals surface area contributed by atoms with E-state index in [-0.39, 0.29) is 10.7 Å². The smallest absolute Gasteiger partial charge is 0.165 e. The standard InChI is InChI=1S/C22H21ClFN5O/c1-29-9-8-22(12-29,30-2)7-6-14-10-19-15(11-17(14)25)21(27-13-26-19)28-18-5-3-4-16(23)20(18)24/h3-5,10-11,13H,8-9,12,25H2,1-2H3,(H,26,27,28). The lowest BCUT2D eigenvalue weighted by atomic mass is 10.0. The van der Waals surface area contributed by atoms with Crippen LogP contribution < -0.4 is 11.1 Å². The lowest BCUT2D eigenvalue weighted by molar-refractivity contribution is 0.0509. The van der Waals surface area contributed by atoms with E-state index in [2.05, 4.69) is 32.0 Å². The highest BCUT2D eigenvalue weighted by atomic mass is 35.5. The minimum atomic E-state index is -0.548. The molecule has 0 amide bonds. The van der Waals surface area contributed by atoms with Gasteiger partial charge in [0, 0.05) is 43.3 Å². The molecule has 1 saturated heterocycles.